The minimum absolute atomic E-state index is 0.251. The molecule has 0 bridgehead atoms. The van der Waals surface area contributed by atoms with E-state index in [-0.39, 0.29) is 4.90 Å². The summed E-state index contributed by atoms with van der Waals surface area (Å²) in [6.07, 6.45) is 4.06. The summed E-state index contributed by atoms with van der Waals surface area (Å²) in [6.45, 7) is 1.94. The molecule has 1 aromatic heterocycles. The summed E-state index contributed by atoms with van der Waals surface area (Å²) in [5.41, 5.74) is 1.88. The van der Waals surface area contributed by atoms with Gasteiger partial charge < -0.3 is 0 Å². The smallest absolute Gasteiger partial charge is 0.255 e. The molecule has 0 radical (unpaired) electrons. The van der Waals surface area contributed by atoms with Gasteiger partial charge in [0.1, 0.15) is 4.90 Å². The molecule has 1 aliphatic heterocycles. The van der Waals surface area contributed by atoms with Crippen molar-refractivity contribution >= 4 is 21.8 Å². The van der Waals surface area contributed by atoms with Crippen molar-refractivity contribution in [2.24, 2.45) is 0 Å². The molecule has 5 heteroatoms. The molecule has 0 atom stereocenters. The summed E-state index contributed by atoms with van der Waals surface area (Å²) < 4.78 is 27.0. The Labute approximate surface area is 118 Å². The molecule has 1 aromatic carbocycles. The molecule has 0 unspecified atom stereocenters. The van der Waals surface area contributed by atoms with Gasteiger partial charge in [0.25, 0.3) is 10.0 Å². The molecule has 0 amide bonds. The van der Waals surface area contributed by atoms with Crippen LogP contribution in [0.3, 0.4) is 0 Å². The number of para-hydroxylation sites is 1. The lowest BCUT2D eigenvalue weighted by Crippen LogP contribution is -2.33. The van der Waals surface area contributed by atoms with Crippen LogP contribution in [-0.2, 0) is 10.0 Å². The van der Waals surface area contributed by atoms with Gasteiger partial charge in [0.15, 0.2) is 0 Å². The van der Waals surface area contributed by atoms with Gasteiger partial charge in [0.05, 0.1) is 11.4 Å². The topological polar surface area (TPSA) is 50.3 Å². The van der Waals surface area contributed by atoms with Crippen LogP contribution < -0.4 is 4.31 Å². The first-order valence-corrected chi connectivity index (χ1v) is 7.84. The fourth-order valence-electron chi connectivity index (χ4n) is 2.31. The van der Waals surface area contributed by atoms with Gasteiger partial charge in [-0.2, -0.15) is 0 Å². The Kier molecular flexibility index (Phi) is 3.06. The summed E-state index contributed by atoms with van der Waals surface area (Å²) in [5.74, 6) is 0. The fourth-order valence-corrected chi connectivity index (χ4v) is 4.03. The number of hydrogen-bond acceptors (Lipinski definition) is 3. The first kappa shape index (κ1) is 12.9. The molecular weight excluding hydrogens is 272 g/mol. The molecule has 2 aromatic rings. The second kappa shape index (κ2) is 4.76. The van der Waals surface area contributed by atoms with Crippen LogP contribution in [0, 0.1) is 0 Å². The fraction of sp³-hybridized carbons (Fsp3) is 0.133. The van der Waals surface area contributed by atoms with Gasteiger partial charge in [-0.1, -0.05) is 25.1 Å². The lowest BCUT2D eigenvalue weighted by molar-refractivity contribution is 0.592. The Morgan fingerprint density at radius 2 is 1.85 bits per heavy atom. The van der Waals surface area contributed by atoms with E-state index in [1.807, 2.05) is 31.2 Å². The van der Waals surface area contributed by atoms with Crippen LogP contribution >= 0.6 is 0 Å². The van der Waals surface area contributed by atoms with Gasteiger partial charge in [0, 0.05) is 11.9 Å². The van der Waals surface area contributed by atoms with E-state index in [1.54, 1.807) is 30.5 Å². The Bertz CT molecular complexity index is 767. The molecule has 0 spiro atoms. The molecular formula is C15H14N2O2S. The summed E-state index contributed by atoms with van der Waals surface area (Å²) in [5, 5.41) is 0. The van der Waals surface area contributed by atoms with Crippen LogP contribution in [0.15, 0.2) is 59.3 Å². The normalized spacial score (nSPS) is 16.4. The van der Waals surface area contributed by atoms with Gasteiger partial charge in [-0.3, -0.25) is 4.98 Å². The van der Waals surface area contributed by atoms with E-state index in [2.05, 4.69) is 4.98 Å². The van der Waals surface area contributed by atoms with Crippen molar-refractivity contribution in [1.82, 2.24) is 4.98 Å². The second-order valence-corrected chi connectivity index (χ2v) is 6.24. The Morgan fingerprint density at radius 3 is 2.55 bits per heavy atom. The van der Waals surface area contributed by atoms with E-state index in [1.165, 1.54) is 4.31 Å². The zero-order valence-corrected chi connectivity index (χ0v) is 11.8. The van der Waals surface area contributed by atoms with Crippen molar-refractivity contribution < 1.29 is 8.42 Å². The van der Waals surface area contributed by atoms with Crippen molar-refractivity contribution in [3.63, 3.8) is 0 Å². The zero-order valence-electron chi connectivity index (χ0n) is 11.0. The molecule has 0 aliphatic carbocycles. The maximum absolute atomic E-state index is 12.8. The molecule has 1 aliphatic rings. The third-order valence-corrected chi connectivity index (χ3v) is 5.06. The Balaban J connectivity index is 2.26. The third-order valence-electron chi connectivity index (χ3n) is 3.24. The van der Waals surface area contributed by atoms with Crippen LogP contribution in [-0.4, -0.2) is 13.4 Å². The summed E-state index contributed by atoms with van der Waals surface area (Å²) >= 11 is 0. The highest BCUT2D eigenvalue weighted by Gasteiger charge is 2.33. The maximum atomic E-state index is 12.8. The average Bonchev–Trinajstić information content (AvgIpc) is 2.47. The monoisotopic (exact) mass is 286 g/mol. The summed E-state index contributed by atoms with van der Waals surface area (Å²) in [6, 6.07) is 12.4. The SMILES string of the molecule is CCC1=Cc2ncccc2S(=O)(=O)N1c1ccccc1. The average molecular weight is 286 g/mol. The number of fused-ring (bicyclic) bond motifs is 1. The number of anilines is 1. The van der Waals surface area contributed by atoms with Gasteiger partial charge in [-0.25, -0.2) is 12.7 Å². The zero-order chi connectivity index (χ0) is 14.2. The first-order chi connectivity index (χ1) is 9.64. The van der Waals surface area contributed by atoms with Crippen molar-refractivity contribution in [3.8, 4) is 0 Å². The summed E-state index contributed by atoms with van der Waals surface area (Å²) in [7, 11) is -3.59. The Hall–Kier alpha value is -2.14. The van der Waals surface area contributed by atoms with Gasteiger partial charge in [-0.05, 0) is 36.8 Å². The van der Waals surface area contributed by atoms with Crippen LogP contribution in [0.25, 0.3) is 6.08 Å². The summed E-state index contributed by atoms with van der Waals surface area (Å²) in [4.78, 5) is 4.41. The molecule has 102 valence electrons. The standard InChI is InChI=1S/C15H14N2O2S/c1-2-12-11-14-15(9-6-10-16-14)20(18,19)17(12)13-7-4-3-5-8-13/h3-11H,2H2,1H3. The minimum atomic E-state index is -3.59. The molecule has 0 fully saturated rings. The highest BCUT2D eigenvalue weighted by molar-refractivity contribution is 7.93. The molecule has 20 heavy (non-hydrogen) atoms. The molecule has 2 heterocycles. The van der Waals surface area contributed by atoms with Crippen molar-refractivity contribution in [1.29, 1.82) is 0 Å². The quantitative estimate of drug-likeness (QED) is 0.852. The molecule has 0 saturated heterocycles. The number of hydrogen-bond donors (Lipinski definition) is 0. The third kappa shape index (κ3) is 1.91. The number of sulfonamides is 1. The van der Waals surface area contributed by atoms with E-state index < -0.39 is 10.0 Å². The highest BCUT2D eigenvalue weighted by atomic mass is 32.2. The predicted octanol–water partition coefficient (Wildman–Crippen LogP) is 3.04. The largest absolute Gasteiger partial charge is 0.270 e. The number of nitrogens with zero attached hydrogens (tertiary/aromatic N) is 2. The molecule has 4 nitrogen and oxygen atoms in total. The molecule has 0 N–H and O–H groups in total. The van der Waals surface area contributed by atoms with E-state index in [0.29, 0.717) is 17.8 Å². The minimum Gasteiger partial charge on any atom is -0.255 e. The van der Waals surface area contributed by atoms with E-state index in [9.17, 15) is 8.42 Å². The van der Waals surface area contributed by atoms with Crippen molar-refractivity contribution in [2.45, 2.75) is 18.2 Å². The van der Waals surface area contributed by atoms with Crippen molar-refractivity contribution in [3.05, 3.63) is 60.1 Å². The number of benzene rings is 1. The molecule has 3 rings (SSSR count). The van der Waals surface area contributed by atoms with Gasteiger partial charge >= 0.3 is 0 Å². The van der Waals surface area contributed by atoms with E-state index >= 15 is 0 Å². The van der Waals surface area contributed by atoms with Crippen LogP contribution in [0.2, 0.25) is 0 Å². The first-order valence-electron chi connectivity index (χ1n) is 6.40. The second-order valence-electron chi connectivity index (χ2n) is 4.48. The highest BCUT2D eigenvalue weighted by Crippen LogP contribution is 2.35. The van der Waals surface area contributed by atoms with Gasteiger partial charge in [-0.15, -0.1) is 0 Å². The number of rotatable bonds is 2. The van der Waals surface area contributed by atoms with Crippen LogP contribution in [0.5, 0.6) is 0 Å². The van der Waals surface area contributed by atoms with Crippen LogP contribution in [0.4, 0.5) is 5.69 Å². The number of allylic oxidation sites excluding steroid dienone is 1. The van der Waals surface area contributed by atoms with E-state index in [4.69, 9.17) is 0 Å². The number of pyridine rings is 1. The Morgan fingerprint density at radius 1 is 1.10 bits per heavy atom. The molecule has 0 saturated carbocycles. The van der Waals surface area contributed by atoms with Gasteiger partial charge in [0.2, 0.25) is 0 Å². The van der Waals surface area contributed by atoms with E-state index in [0.717, 1.165) is 5.70 Å². The maximum Gasteiger partial charge on any atom is 0.270 e. The lowest BCUT2D eigenvalue weighted by atomic mass is 10.2. The van der Waals surface area contributed by atoms with Crippen molar-refractivity contribution in [2.75, 3.05) is 4.31 Å². The number of aromatic nitrogens is 1. The predicted molar refractivity (Wildman–Crippen MR) is 78.6 cm³/mol. The van der Waals surface area contributed by atoms with Crippen LogP contribution in [0.1, 0.15) is 19.0 Å². The lowest BCUT2D eigenvalue weighted by Gasteiger charge is -2.30.